The molecule has 0 saturated heterocycles. The van der Waals surface area contributed by atoms with Crippen LogP contribution in [0, 0.1) is 0 Å². The third kappa shape index (κ3) is 5.67. The summed E-state index contributed by atoms with van der Waals surface area (Å²) in [6, 6.07) is 90.2. The summed E-state index contributed by atoms with van der Waals surface area (Å²) in [5.74, 6) is -0.259. The molecule has 0 aliphatic rings. The fourth-order valence-electron chi connectivity index (χ4n) is 9.14. The zero-order chi connectivity index (χ0) is 35.1. The Bertz CT molecular complexity index is 1920. The lowest BCUT2D eigenvalue weighted by Crippen LogP contribution is -2.58. The van der Waals surface area contributed by atoms with E-state index in [4.69, 9.17) is 0 Å². The lowest BCUT2D eigenvalue weighted by Gasteiger charge is -2.60. The number of rotatable bonds is 11. The molecule has 8 aromatic rings. The maximum Gasteiger partial charge on any atom is 0.0458 e. The molecule has 8 rings (SSSR count). The van der Waals surface area contributed by atoms with Crippen LogP contribution in [0.4, 0.5) is 0 Å². The summed E-state index contributed by atoms with van der Waals surface area (Å²) in [5, 5.41) is 0. The van der Waals surface area contributed by atoms with Crippen molar-refractivity contribution in [3.63, 3.8) is 0 Å². The molecule has 0 saturated carbocycles. The fourth-order valence-corrected chi connectivity index (χ4v) is 9.14. The third-order valence-corrected chi connectivity index (χ3v) is 10.9. The summed E-state index contributed by atoms with van der Waals surface area (Å²) in [4.78, 5) is 0. The second kappa shape index (κ2) is 14.9. The highest BCUT2D eigenvalue weighted by molar-refractivity contribution is 5.65. The van der Waals surface area contributed by atoms with Crippen molar-refractivity contribution in [2.45, 2.75) is 22.7 Å². The van der Waals surface area contributed by atoms with Gasteiger partial charge in [-0.1, -0.05) is 243 Å². The van der Waals surface area contributed by atoms with Gasteiger partial charge in [-0.05, 0) is 44.5 Å². The van der Waals surface area contributed by atoms with Gasteiger partial charge in [-0.3, -0.25) is 0 Å². The van der Waals surface area contributed by atoms with Crippen LogP contribution in [-0.2, 0) is 10.8 Å². The van der Waals surface area contributed by atoms with Crippen LogP contribution in [0.1, 0.15) is 56.3 Å². The van der Waals surface area contributed by atoms with Crippen LogP contribution in [0.3, 0.4) is 0 Å². The Balaban J connectivity index is 1.71. The summed E-state index contributed by atoms with van der Waals surface area (Å²) < 4.78 is 0. The Labute approximate surface area is 308 Å². The molecule has 0 atom stereocenters. The van der Waals surface area contributed by atoms with Gasteiger partial charge in [-0.15, -0.1) is 0 Å². The van der Waals surface area contributed by atoms with Gasteiger partial charge in [0.2, 0.25) is 0 Å². The van der Waals surface area contributed by atoms with E-state index in [1.54, 1.807) is 0 Å². The molecule has 0 N–H and O–H groups in total. The average Bonchev–Trinajstić information content (AvgIpc) is 3.24. The molecular formula is C52H42. The highest BCUT2D eigenvalue weighted by Crippen LogP contribution is 2.67. The van der Waals surface area contributed by atoms with Crippen LogP contribution >= 0.6 is 0 Å². The number of hydrogen-bond donors (Lipinski definition) is 0. The van der Waals surface area contributed by atoms with Gasteiger partial charge in [0.25, 0.3) is 0 Å². The van der Waals surface area contributed by atoms with Crippen LogP contribution in [0.5, 0.6) is 0 Å². The molecule has 0 heterocycles. The Morgan fingerprint density at radius 3 is 0.519 bits per heavy atom. The standard InChI is InChI=1S/C52H42/c1-9-25-41(26-10-1)49(42-27-11-2-12-28-42)51(45-33-17-5-18-34-45,46-35-19-6-20-36-46)52(47-37-21-7-22-38-47,48-39-23-8-24-40-48)50(43-29-13-3-14-30-43)44-31-15-4-16-32-44/h1-40,49-50H. The van der Waals surface area contributed by atoms with Crippen molar-refractivity contribution in [2.24, 2.45) is 0 Å². The van der Waals surface area contributed by atoms with Crippen molar-refractivity contribution < 1.29 is 0 Å². The van der Waals surface area contributed by atoms with Crippen molar-refractivity contribution in [3.05, 3.63) is 287 Å². The quantitative estimate of drug-likeness (QED) is 0.129. The molecule has 52 heavy (non-hydrogen) atoms. The van der Waals surface area contributed by atoms with Gasteiger partial charge in [-0.2, -0.15) is 0 Å². The maximum absolute atomic E-state index is 2.37. The lowest BCUT2D eigenvalue weighted by molar-refractivity contribution is 0.246. The van der Waals surface area contributed by atoms with Gasteiger partial charge in [0.05, 0.1) is 0 Å². The summed E-state index contributed by atoms with van der Waals surface area (Å²) in [6.45, 7) is 0. The molecule has 0 unspecified atom stereocenters. The van der Waals surface area contributed by atoms with Crippen LogP contribution < -0.4 is 0 Å². The first-order valence-electron chi connectivity index (χ1n) is 18.3. The van der Waals surface area contributed by atoms with Crippen molar-refractivity contribution in [1.82, 2.24) is 0 Å². The molecule has 0 bridgehead atoms. The largest absolute Gasteiger partial charge is 0.0622 e. The van der Waals surface area contributed by atoms with Crippen molar-refractivity contribution in [1.29, 1.82) is 0 Å². The van der Waals surface area contributed by atoms with Crippen molar-refractivity contribution in [2.75, 3.05) is 0 Å². The molecule has 0 fully saturated rings. The van der Waals surface area contributed by atoms with Gasteiger partial charge in [0.15, 0.2) is 0 Å². The smallest absolute Gasteiger partial charge is 0.0458 e. The van der Waals surface area contributed by atoms with Gasteiger partial charge < -0.3 is 0 Å². The van der Waals surface area contributed by atoms with Crippen LogP contribution in [0.2, 0.25) is 0 Å². The fraction of sp³-hybridized carbons (Fsp3) is 0.0769. The predicted octanol–water partition coefficient (Wildman–Crippen LogP) is 12.6. The molecular weight excluding hydrogens is 625 g/mol. The zero-order valence-electron chi connectivity index (χ0n) is 29.2. The maximum atomic E-state index is 2.37. The molecule has 0 aromatic heterocycles. The van der Waals surface area contributed by atoms with Crippen molar-refractivity contribution in [3.8, 4) is 0 Å². The van der Waals surface area contributed by atoms with E-state index >= 15 is 0 Å². The highest BCUT2D eigenvalue weighted by atomic mass is 14.6. The average molecular weight is 667 g/mol. The molecule has 0 heteroatoms. The zero-order valence-corrected chi connectivity index (χ0v) is 29.2. The number of benzene rings is 8. The third-order valence-electron chi connectivity index (χ3n) is 10.9. The van der Waals surface area contributed by atoms with Gasteiger partial charge in [0, 0.05) is 22.7 Å². The van der Waals surface area contributed by atoms with Crippen LogP contribution in [-0.4, -0.2) is 0 Å². The van der Waals surface area contributed by atoms with Gasteiger partial charge >= 0.3 is 0 Å². The Hall–Kier alpha value is -6.24. The van der Waals surface area contributed by atoms with E-state index in [1.807, 2.05) is 0 Å². The monoisotopic (exact) mass is 666 g/mol. The van der Waals surface area contributed by atoms with E-state index in [2.05, 4.69) is 243 Å². The van der Waals surface area contributed by atoms with E-state index in [1.165, 1.54) is 44.5 Å². The minimum Gasteiger partial charge on any atom is -0.0622 e. The molecule has 0 spiro atoms. The van der Waals surface area contributed by atoms with Crippen molar-refractivity contribution >= 4 is 0 Å². The van der Waals surface area contributed by atoms with E-state index in [0.29, 0.717) is 0 Å². The molecule has 0 aliphatic heterocycles. The molecule has 0 radical (unpaired) electrons. The van der Waals surface area contributed by atoms with Gasteiger partial charge in [0.1, 0.15) is 0 Å². The summed E-state index contributed by atoms with van der Waals surface area (Å²) >= 11 is 0. The van der Waals surface area contributed by atoms with E-state index in [0.717, 1.165) is 0 Å². The van der Waals surface area contributed by atoms with Gasteiger partial charge in [-0.25, -0.2) is 0 Å². The van der Waals surface area contributed by atoms with E-state index in [9.17, 15) is 0 Å². The summed E-state index contributed by atoms with van der Waals surface area (Å²) in [6.07, 6.45) is 0. The Morgan fingerprint density at radius 2 is 0.346 bits per heavy atom. The highest BCUT2D eigenvalue weighted by Gasteiger charge is 2.63. The minimum absolute atomic E-state index is 0.130. The lowest BCUT2D eigenvalue weighted by atomic mass is 9.41. The second-order valence-electron chi connectivity index (χ2n) is 13.6. The van der Waals surface area contributed by atoms with E-state index in [-0.39, 0.29) is 11.8 Å². The second-order valence-corrected chi connectivity index (χ2v) is 13.6. The first-order valence-corrected chi connectivity index (χ1v) is 18.3. The number of hydrogen-bond acceptors (Lipinski definition) is 0. The first kappa shape index (κ1) is 32.9. The topological polar surface area (TPSA) is 0 Å². The molecule has 0 nitrogen and oxygen atoms in total. The summed E-state index contributed by atoms with van der Waals surface area (Å²) in [7, 11) is 0. The SMILES string of the molecule is c1ccc(C(c2ccccc2)C(c2ccccc2)(c2ccccc2)C(c2ccccc2)(c2ccccc2)C(c2ccccc2)c2ccccc2)cc1. The molecule has 0 aliphatic carbocycles. The summed E-state index contributed by atoms with van der Waals surface area (Å²) in [5.41, 5.74) is 8.58. The Morgan fingerprint density at radius 1 is 0.192 bits per heavy atom. The minimum atomic E-state index is -0.739. The predicted molar refractivity (Wildman–Crippen MR) is 217 cm³/mol. The normalized spacial score (nSPS) is 11.8. The molecule has 0 amide bonds. The van der Waals surface area contributed by atoms with E-state index < -0.39 is 10.8 Å². The molecule has 8 aromatic carbocycles. The Kier molecular flexibility index (Phi) is 9.46. The first-order chi connectivity index (χ1) is 25.8. The molecule has 250 valence electrons. The van der Waals surface area contributed by atoms with Crippen LogP contribution in [0.15, 0.2) is 243 Å². The van der Waals surface area contributed by atoms with Crippen LogP contribution in [0.25, 0.3) is 0 Å².